The van der Waals surface area contributed by atoms with Gasteiger partial charge in [-0.3, -0.25) is 14.5 Å². The van der Waals surface area contributed by atoms with Crippen molar-refractivity contribution in [2.45, 2.75) is 49.2 Å². The van der Waals surface area contributed by atoms with Crippen LogP contribution in [-0.2, 0) is 15.4 Å². The number of aliphatic hydroxyl groups is 2. The number of hydroxylamine groups is 4. The Hall–Kier alpha value is -1.35. The molecule has 7 heteroatoms. The molecule has 1 aromatic rings. The SMILES string of the molecule is CON1[C@@H]2CCCC[C@H]2N(OC)[C@@]2(O)c3ccccc3C(=O)[C@@]12O. The predicted molar refractivity (Wildman–Crippen MR) is 83.4 cm³/mol. The van der Waals surface area contributed by atoms with Crippen molar-refractivity contribution < 1.29 is 24.7 Å². The van der Waals surface area contributed by atoms with Crippen LogP contribution in [0, 0.1) is 0 Å². The van der Waals surface area contributed by atoms with Crippen LogP contribution in [0.25, 0.3) is 0 Å². The first-order valence-electron chi connectivity index (χ1n) is 8.27. The Balaban J connectivity index is 1.97. The van der Waals surface area contributed by atoms with E-state index in [1.54, 1.807) is 24.3 Å². The molecule has 1 aromatic carbocycles. The fraction of sp³-hybridized carbons (Fsp3) is 0.588. The van der Waals surface area contributed by atoms with Gasteiger partial charge in [0, 0.05) is 11.1 Å². The van der Waals surface area contributed by atoms with E-state index in [0.717, 1.165) is 25.7 Å². The van der Waals surface area contributed by atoms with Gasteiger partial charge in [-0.25, -0.2) is 0 Å². The number of rotatable bonds is 2. The van der Waals surface area contributed by atoms with Crippen LogP contribution in [0.1, 0.15) is 41.6 Å². The minimum atomic E-state index is -2.25. The fourth-order valence-corrected chi connectivity index (χ4v) is 4.70. The summed E-state index contributed by atoms with van der Waals surface area (Å²) in [4.78, 5) is 24.0. The molecule has 0 aromatic heterocycles. The van der Waals surface area contributed by atoms with Crippen molar-refractivity contribution in [1.82, 2.24) is 10.1 Å². The molecule has 0 spiro atoms. The highest BCUT2D eigenvalue weighted by Gasteiger charge is 2.75. The monoisotopic (exact) mass is 334 g/mol. The normalized spacial score (nSPS) is 39.4. The van der Waals surface area contributed by atoms with Crippen LogP contribution >= 0.6 is 0 Å². The van der Waals surface area contributed by atoms with E-state index in [0.29, 0.717) is 5.56 Å². The number of ketones is 1. The number of benzene rings is 1. The Morgan fingerprint density at radius 3 is 2.12 bits per heavy atom. The quantitative estimate of drug-likeness (QED) is 0.826. The van der Waals surface area contributed by atoms with Crippen molar-refractivity contribution in [1.29, 1.82) is 0 Å². The van der Waals surface area contributed by atoms with Crippen LogP contribution in [0.3, 0.4) is 0 Å². The molecule has 2 aliphatic carbocycles. The van der Waals surface area contributed by atoms with Crippen molar-refractivity contribution in [2.24, 2.45) is 0 Å². The zero-order valence-electron chi connectivity index (χ0n) is 13.8. The Morgan fingerprint density at radius 2 is 1.54 bits per heavy atom. The first-order valence-corrected chi connectivity index (χ1v) is 8.27. The van der Waals surface area contributed by atoms with Gasteiger partial charge in [-0.15, -0.1) is 10.1 Å². The van der Waals surface area contributed by atoms with E-state index in [2.05, 4.69) is 0 Å². The molecule has 7 nitrogen and oxygen atoms in total. The summed E-state index contributed by atoms with van der Waals surface area (Å²) in [6, 6.07) is 6.27. The highest BCUT2D eigenvalue weighted by Crippen LogP contribution is 2.54. The van der Waals surface area contributed by atoms with Crippen LogP contribution in [0.5, 0.6) is 0 Å². The number of hydrogen-bond acceptors (Lipinski definition) is 7. The van der Waals surface area contributed by atoms with Crippen molar-refractivity contribution in [3.63, 3.8) is 0 Å². The summed E-state index contributed by atoms with van der Waals surface area (Å²) < 4.78 is 0. The molecule has 1 heterocycles. The van der Waals surface area contributed by atoms with Gasteiger partial charge >= 0.3 is 0 Å². The van der Waals surface area contributed by atoms with Gasteiger partial charge in [0.05, 0.1) is 26.3 Å². The van der Waals surface area contributed by atoms with E-state index in [1.165, 1.54) is 24.3 Å². The van der Waals surface area contributed by atoms with Crippen LogP contribution < -0.4 is 0 Å². The smallest absolute Gasteiger partial charge is 0.255 e. The van der Waals surface area contributed by atoms with Gasteiger partial charge in [0.1, 0.15) is 0 Å². The van der Waals surface area contributed by atoms with Crippen molar-refractivity contribution >= 4 is 5.78 Å². The number of fused-ring (bicyclic) bond motifs is 4. The molecule has 0 bridgehead atoms. The summed E-state index contributed by atoms with van der Waals surface area (Å²) >= 11 is 0. The Kier molecular flexibility index (Phi) is 3.58. The molecule has 2 fully saturated rings. The lowest BCUT2D eigenvalue weighted by atomic mass is 9.81. The van der Waals surface area contributed by atoms with Crippen LogP contribution in [0.4, 0.5) is 0 Å². The molecule has 24 heavy (non-hydrogen) atoms. The number of Topliss-reactive ketones (excluding diaryl/α,β-unsaturated/α-hetero) is 1. The topological polar surface area (TPSA) is 82.5 Å². The molecular weight excluding hydrogens is 312 g/mol. The molecule has 1 saturated heterocycles. The van der Waals surface area contributed by atoms with Gasteiger partial charge < -0.3 is 10.2 Å². The Bertz CT molecular complexity index is 683. The second-order valence-electron chi connectivity index (χ2n) is 6.66. The first-order chi connectivity index (χ1) is 11.5. The van der Waals surface area contributed by atoms with Gasteiger partial charge in [0.2, 0.25) is 11.5 Å². The number of piperazine rings is 1. The summed E-state index contributed by atoms with van der Waals surface area (Å²) in [5.74, 6) is -0.575. The summed E-state index contributed by atoms with van der Waals surface area (Å²) in [6.45, 7) is 0. The average Bonchev–Trinajstić information content (AvgIpc) is 2.79. The largest absolute Gasteiger partial charge is 0.366 e. The van der Waals surface area contributed by atoms with E-state index in [-0.39, 0.29) is 17.6 Å². The third kappa shape index (κ3) is 1.64. The van der Waals surface area contributed by atoms with Gasteiger partial charge in [-0.2, -0.15) is 0 Å². The molecule has 0 unspecified atom stereocenters. The lowest BCUT2D eigenvalue weighted by molar-refractivity contribution is -0.455. The third-order valence-electron chi connectivity index (χ3n) is 5.68. The van der Waals surface area contributed by atoms with Crippen LogP contribution in [-0.4, -0.2) is 58.2 Å². The molecular formula is C17H22N2O5. The van der Waals surface area contributed by atoms with E-state index >= 15 is 0 Å². The highest BCUT2D eigenvalue weighted by atomic mass is 16.7. The summed E-state index contributed by atoms with van der Waals surface area (Å²) in [5, 5.41) is 25.7. The minimum Gasteiger partial charge on any atom is -0.366 e. The Morgan fingerprint density at radius 1 is 1.00 bits per heavy atom. The maximum atomic E-state index is 13.0. The molecule has 3 aliphatic rings. The van der Waals surface area contributed by atoms with Crippen molar-refractivity contribution in [3.05, 3.63) is 35.4 Å². The van der Waals surface area contributed by atoms with Crippen LogP contribution in [0.2, 0.25) is 0 Å². The van der Waals surface area contributed by atoms with E-state index in [9.17, 15) is 15.0 Å². The number of carbonyl (C=O) groups is 1. The number of hydrogen-bond donors (Lipinski definition) is 2. The maximum Gasteiger partial charge on any atom is 0.255 e. The van der Waals surface area contributed by atoms with E-state index < -0.39 is 17.2 Å². The summed E-state index contributed by atoms with van der Waals surface area (Å²) in [7, 11) is 2.88. The lowest BCUT2D eigenvalue weighted by Gasteiger charge is -2.59. The van der Waals surface area contributed by atoms with Crippen LogP contribution in [0.15, 0.2) is 24.3 Å². The lowest BCUT2D eigenvalue weighted by Crippen LogP contribution is -2.79. The molecule has 2 N–H and O–H groups in total. The zero-order valence-corrected chi connectivity index (χ0v) is 13.8. The summed E-state index contributed by atoms with van der Waals surface area (Å²) in [5.41, 5.74) is -3.65. The predicted octanol–water partition coefficient (Wildman–Crippen LogP) is 0.768. The first kappa shape index (κ1) is 16.1. The van der Waals surface area contributed by atoms with E-state index in [4.69, 9.17) is 9.68 Å². The second kappa shape index (κ2) is 5.32. The van der Waals surface area contributed by atoms with E-state index in [1.807, 2.05) is 0 Å². The molecule has 0 radical (unpaired) electrons. The molecule has 1 aliphatic heterocycles. The van der Waals surface area contributed by atoms with Gasteiger partial charge in [0.25, 0.3) is 5.72 Å². The van der Waals surface area contributed by atoms with Crippen molar-refractivity contribution in [2.75, 3.05) is 14.2 Å². The van der Waals surface area contributed by atoms with Crippen molar-refractivity contribution in [3.8, 4) is 0 Å². The summed E-state index contributed by atoms with van der Waals surface area (Å²) in [6.07, 6.45) is 3.49. The molecule has 0 amide bonds. The molecule has 130 valence electrons. The zero-order chi connectivity index (χ0) is 17.1. The standard InChI is InChI=1S/C17H22N2O5/c1-23-18-13-9-5-6-10-14(13)19(24-2)17(22)15(20)11-7-3-4-8-12(11)16(17,18)21/h3-4,7-8,13-14,21-22H,5-6,9-10H2,1-2H3/t13-,14-,16-,17+/m1/s1. The maximum absolute atomic E-state index is 13.0. The minimum absolute atomic E-state index is 0.187. The van der Waals surface area contributed by atoms with Gasteiger partial charge in [-0.1, -0.05) is 37.1 Å². The number of nitrogens with zero attached hydrogens (tertiary/aromatic N) is 2. The highest BCUT2D eigenvalue weighted by molar-refractivity contribution is 6.08. The van der Waals surface area contributed by atoms with Gasteiger partial charge in [-0.05, 0) is 12.8 Å². The average molecular weight is 334 g/mol. The Labute approximate surface area is 140 Å². The van der Waals surface area contributed by atoms with Gasteiger partial charge in [0.15, 0.2) is 0 Å². The third-order valence-corrected chi connectivity index (χ3v) is 5.68. The number of carbonyl (C=O) groups excluding carboxylic acids is 1. The fourth-order valence-electron chi connectivity index (χ4n) is 4.70. The molecule has 4 atom stereocenters. The second-order valence-corrected chi connectivity index (χ2v) is 6.66. The molecule has 1 saturated carbocycles. The molecule has 4 rings (SSSR count).